The van der Waals surface area contributed by atoms with Crippen LogP contribution in [-0.4, -0.2) is 27.5 Å². The molecule has 130 valence electrons. The third-order valence-corrected chi connectivity index (χ3v) is 6.45. The van der Waals surface area contributed by atoms with Gasteiger partial charge in [-0.15, -0.1) is 22.7 Å². The van der Waals surface area contributed by atoms with Gasteiger partial charge in [0, 0.05) is 10.3 Å². The number of carbonyl (C=O) groups excluding carboxylic acids is 2. The molecule has 6 nitrogen and oxygen atoms in total. The Balaban J connectivity index is 1.64. The Labute approximate surface area is 157 Å². The molecule has 0 bridgehead atoms. The lowest BCUT2D eigenvalue weighted by Crippen LogP contribution is -2.42. The average molecular weight is 393 g/mol. The highest BCUT2D eigenvalue weighted by Gasteiger charge is 2.15. The summed E-state index contributed by atoms with van der Waals surface area (Å²) in [6, 6.07) is 3.48. The lowest BCUT2D eigenvalue weighted by molar-refractivity contribution is -0.119. The van der Waals surface area contributed by atoms with Gasteiger partial charge in [0.1, 0.15) is 15.7 Å². The molecular formula is C16H16N4O2S3. The molecule has 0 saturated carbocycles. The smallest absolute Gasteiger partial charge is 0.272 e. The van der Waals surface area contributed by atoms with E-state index in [1.165, 1.54) is 28.0 Å². The van der Waals surface area contributed by atoms with Crippen LogP contribution in [0.5, 0.6) is 0 Å². The number of nitrogens with zero attached hydrogens (tertiary/aromatic N) is 2. The molecule has 9 heteroatoms. The number of rotatable bonds is 4. The summed E-state index contributed by atoms with van der Waals surface area (Å²) in [7, 11) is 0. The zero-order chi connectivity index (χ0) is 18.0. The highest BCUT2D eigenvalue weighted by molar-refractivity contribution is 8.00. The molecule has 0 aromatic carbocycles. The molecule has 0 radical (unpaired) electrons. The van der Waals surface area contributed by atoms with Gasteiger partial charge >= 0.3 is 0 Å². The van der Waals surface area contributed by atoms with Gasteiger partial charge in [-0.25, -0.2) is 9.97 Å². The summed E-state index contributed by atoms with van der Waals surface area (Å²) < 4.78 is 0. The minimum absolute atomic E-state index is 0.157. The van der Waals surface area contributed by atoms with Crippen molar-refractivity contribution in [3.8, 4) is 0 Å². The molecule has 0 aliphatic rings. The van der Waals surface area contributed by atoms with Gasteiger partial charge in [-0.2, -0.15) is 0 Å². The highest BCUT2D eigenvalue weighted by atomic mass is 32.2. The summed E-state index contributed by atoms with van der Waals surface area (Å²) in [5.74, 6) is 0.231. The molecule has 0 saturated heterocycles. The number of fused-ring (bicyclic) bond motifs is 1. The van der Waals surface area contributed by atoms with Crippen molar-refractivity contribution in [2.45, 2.75) is 25.8 Å². The molecule has 2 N–H and O–H groups in total. The summed E-state index contributed by atoms with van der Waals surface area (Å²) in [5.41, 5.74) is 5.99. The molecule has 3 aromatic rings. The van der Waals surface area contributed by atoms with Crippen LogP contribution in [-0.2, 0) is 4.79 Å². The first-order valence-corrected chi connectivity index (χ1v) is 10.1. The van der Waals surface area contributed by atoms with Crippen LogP contribution in [0.4, 0.5) is 0 Å². The number of thiophene rings is 2. The predicted octanol–water partition coefficient (Wildman–Crippen LogP) is 3.23. The number of nitrogens with one attached hydrogen (secondary N) is 2. The second-order valence-electron chi connectivity index (χ2n) is 5.31. The molecule has 3 rings (SSSR count). The van der Waals surface area contributed by atoms with E-state index in [0.717, 1.165) is 20.8 Å². The van der Waals surface area contributed by atoms with E-state index in [9.17, 15) is 9.59 Å². The number of aryl methyl sites for hydroxylation is 3. The first-order chi connectivity index (χ1) is 12.0. The molecule has 0 fully saturated rings. The number of amides is 2. The van der Waals surface area contributed by atoms with E-state index in [1.54, 1.807) is 28.8 Å². The third-order valence-electron chi connectivity index (χ3n) is 3.51. The Hall–Kier alpha value is -1.97. The van der Waals surface area contributed by atoms with Crippen molar-refractivity contribution in [2.24, 2.45) is 0 Å². The normalized spacial score (nSPS) is 10.8. The molecule has 25 heavy (non-hydrogen) atoms. The zero-order valence-electron chi connectivity index (χ0n) is 13.9. The topological polar surface area (TPSA) is 84.0 Å². The van der Waals surface area contributed by atoms with Crippen molar-refractivity contribution in [3.63, 3.8) is 0 Å². The average Bonchev–Trinajstić information content (AvgIpc) is 3.19. The van der Waals surface area contributed by atoms with Crippen LogP contribution < -0.4 is 10.9 Å². The van der Waals surface area contributed by atoms with Crippen LogP contribution in [0.3, 0.4) is 0 Å². The molecule has 0 unspecified atom stereocenters. The van der Waals surface area contributed by atoms with Crippen LogP contribution >= 0.6 is 34.4 Å². The molecule has 0 atom stereocenters. The Morgan fingerprint density at radius 1 is 1.20 bits per heavy atom. The number of hydrogen-bond donors (Lipinski definition) is 2. The van der Waals surface area contributed by atoms with E-state index in [1.807, 2.05) is 13.8 Å². The molecule has 3 heterocycles. The standard InChI is InChI=1S/C16H16N4O2S3/c1-8-9(2)25-16-13(8)15(17-10(3)18-16)24-7-12(21)19-20-14(22)11-5-4-6-23-11/h4-6H,7H2,1-3H3,(H,19,21)(H,20,22). The SMILES string of the molecule is Cc1nc(SCC(=O)NNC(=O)c2cccs2)c2c(C)c(C)sc2n1. The van der Waals surface area contributed by atoms with Crippen molar-refractivity contribution in [1.29, 1.82) is 0 Å². The lowest BCUT2D eigenvalue weighted by Gasteiger charge is -2.07. The molecule has 3 aromatic heterocycles. The van der Waals surface area contributed by atoms with E-state index in [2.05, 4.69) is 27.7 Å². The van der Waals surface area contributed by atoms with E-state index < -0.39 is 0 Å². The van der Waals surface area contributed by atoms with Crippen LogP contribution in [0.25, 0.3) is 10.2 Å². The number of carbonyl (C=O) groups is 2. The number of hydrogen-bond acceptors (Lipinski definition) is 7. The Morgan fingerprint density at radius 2 is 2.00 bits per heavy atom. The van der Waals surface area contributed by atoms with Crippen molar-refractivity contribution in [1.82, 2.24) is 20.8 Å². The van der Waals surface area contributed by atoms with E-state index >= 15 is 0 Å². The minimum Gasteiger partial charge on any atom is -0.272 e. The van der Waals surface area contributed by atoms with E-state index in [4.69, 9.17) is 0 Å². The van der Waals surface area contributed by atoms with E-state index in [0.29, 0.717) is 10.7 Å². The van der Waals surface area contributed by atoms with Gasteiger partial charge in [0.15, 0.2) is 0 Å². The first-order valence-electron chi connectivity index (χ1n) is 7.45. The molecule has 0 spiro atoms. The molecule has 0 aliphatic heterocycles. The van der Waals surface area contributed by atoms with Crippen molar-refractivity contribution >= 4 is 56.5 Å². The Kier molecular flexibility index (Phi) is 5.36. The summed E-state index contributed by atoms with van der Waals surface area (Å²) in [5, 5.41) is 3.61. The highest BCUT2D eigenvalue weighted by Crippen LogP contribution is 2.34. The summed E-state index contributed by atoms with van der Waals surface area (Å²) in [6.07, 6.45) is 0. The second kappa shape index (κ2) is 7.51. The van der Waals surface area contributed by atoms with Crippen molar-refractivity contribution in [2.75, 3.05) is 5.75 Å². The summed E-state index contributed by atoms with van der Waals surface area (Å²) >= 11 is 4.29. The molecular weight excluding hydrogens is 376 g/mol. The Bertz CT molecular complexity index is 935. The quantitative estimate of drug-likeness (QED) is 0.405. The van der Waals surface area contributed by atoms with Crippen molar-refractivity contribution < 1.29 is 9.59 Å². The fraction of sp³-hybridized carbons (Fsp3) is 0.250. The van der Waals surface area contributed by atoms with Gasteiger partial charge in [-0.05, 0) is 37.8 Å². The number of hydrazine groups is 1. The van der Waals surface area contributed by atoms with Crippen LogP contribution in [0.2, 0.25) is 0 Å². The largest absolute Gasteiger partial charge is 0.279 e. The third kappa shape index (κ3) is 4.00. The van der Waals surface area contributed by atoms with Gasteiger partial charge in [0.25, 0.3) is 5.91 Å². The van der Waals surface area contributed by atoms with Crippen molar-refractivity contribution in [3.05, 3.63) is 38.7 Å². The first kappa shape index (κ1) is 17.8. The predicted molar refractivity (Wildman–Crippen MR) is 102 cm³/mol. The van der Waals surface area contributed by atoms with Gasteiger partial charge < -0.3 is 0 Å². The van der Waals surface area contributed by atoms with Crippen LogP contribution in [0, 0.1) is 20.8 Å². The minimum atomic E-state index is -0.321. The van der Waals surface area contributed by atoms with Gasteiger partial charge in [0.05, 0.1) is 10.6 Å². The van der Waals surface area contributed by atoms with Gasteiger partial charge in [0.2, 0.25) is 5.91 Å². The van der Waals surface area contributed by atoms with Crippen LogP contribution in [0.1, 0.15) is 25.9 Å². The lowest BCUT2D eigenvalue weighted by atomic mass is 10.2. The number of aromatic nitrogens is 2. The molecule has 2 amide bonds. The van der Waals surface area contributed by atoms with Gasteiger partial charge in [-0.3, -0.25) is 20.4 Å². The maximum Gasteiger partial charge on any atom is 0.279 e. The van der Waals surface area contributed by atoms with Crippen LogP contribution in [0.15, 0.2) is 22.5 Å². The monoisotopic (exact) mass is 392 g/mol. The maximum absolute atomic E-state index is 12.0. The number of thioether (sulfide) groups is 1. The zero-order valence-corrected chi connectivity index (χ0v) is 16.3. The summed E-state index contributed by atoms with van der Waals surface area (Å²) in [6.45, 7) is 5.94. The second-order valence-corrected chi connectivity index (χ2v) is 8.42. The van der Waals surface area contributed by atoms with Gasteiger partial charge in [-0.1, -0.05) is 17.8 Å². The fourth-order valence-corrected chi connectivity index (χ4v) is 4.87. The maximum atomic E-state index is 12.0. The fourth-order valence-electron chi connectivity index (χ4n) is 2.18. The summed E-state index contributed by atoms with van der Waals surface area (Å²) in [4.78, 5) is 35.5. The van der Waals surface area contributed by atoms with E-state index in [-0.39, 0.29) is 17.6 Å². The Morgan fingerprint density at radius 3 is 2.72 bits per heavy atom. The molecule has 0 aliphatic carbocycles.